The van der Waals surface area contributed by atoms with Crippen LogP contribution in [0.4, 0.5) is 5.69 Å². The van der Waals surface area contributed by atoms with Gasteiger partial charge in [-0.05, 0) is 49.2 Å². The average Bonchev–Trinajstić information content (AvgIpc) is 3.26. The number of carbonyl (C=O) groups excluding carboxylic acids is 1. The van der Waals surface area contributed by atoms with Crippen LogP contribution in [0.2, 0.25) is 0 Å². The molecule has 1 amide bonds. The van der Waals surface area contributed by atoms with Gasteiger partial charge in [-0.1, -0.05) is 4.89 Å². The molecule has 1 N–H and O–H groups in total. The maximum absolute atomic E-state index is 12.2. The number of nitrogens with one attached hydrogen (secondary N) is 1. The third-order valence-corrected chi connectivity index (χ3v) is 5.18. The van der Waals surface area contributed by atoms with E-state index in [-0.39, 0.29) is 17.4 Å². The van der Waals surface area contributed by atoms with Crippen molar-refractivity contribution in [2.45, 2.75) is 30.6 Å². The molecule has 3 rings (SSSR count). The molecule has 1 aliphatic rings. The van der Waals surface area contributed by atoms with Crippen molar-refractivity contribution in [2.24, 2.45) is 0 Å². The van der Waals surface area contributed by atoms with Crippen LogP contribution in [-0.2, 0) is 26.1 Å². The fourth-order valence-corrected chi connectivity index (χ4v) is 3.50. The zero-order valence-corrected chi connectivity index (χ0v) is 14.5. The molecule has 0 aliphatic carbocycles. The highest BCUT2D eigenvalue weighted by Gasteiger charge is 2.22. The summed E-state index contributed by atoms with van der Waals surface area (Å²) in [5.74, 6) is 0.895. The number of furan rings is 1. The summed E-state index contributed by atoms with van der Waals surface area (Å²) in [6, 6.07) is 9.86. The van der Waals surface area contributed by atoms with E-state index in [4.69, 9.17) is 9.25 Å². The molecule has 25 heavy (non-hydrogen) atoms. The largest absolute Gasteiger partial charge is 0.469 e. The second kappa shape index (κ2) is 7.81. The topological polar surface area (TPSA) is 88.9 Å². The van der Waals surface area contributed by atoms with E-state index < -0.39 is 10.0 Å². The Hall–Kier alpha value is -2.16. The number of hydrogen-bond acceptors (Lipinski definition) is 5. The maximum Gasteiger partial charge on any atom is 0.262 e. The Labute approximate surface area is 146 Å². The monoisotopic (exact) mass is 364 g/mol. The van der Waals surface area contributed by atoms with E-state index in [0.717, 1.165) is 12.2 Å². The summed E-state index contributed by atoms with van der Waals surface area (Å²) < 4.78 is 29.6. The first-order valence-electron chi connectivity index (χ1n) is 8.13. The normalized spacial score (nSPS) is 15.0. The first kappa shape index (κ1) is 17.7. The molecular formula is C17H20N2O5S. The Morgan fingerprint density at radius 3 is 2.64 bits per heavy atom. The van der Waals surface area contributed by atoms with Crippen molar-refractivity contribution in [3.63, 3.8) is 0 Å². The van der Waals surface area contributed by atoms with Crippen LogP contribution >= 0.6 is 0 Å². The Balaban J connectivity index is 1.50. The average molecular weight is 364 g/mol. The van der Waals surface area contributed by atoms with Gasteiger partial charge >= 0.3 is 0 Å². The Kier molecular flexibility index (Phi) is 5.52. The van der Waals surface area contributed by atoms with Crippen LogP contribution in [0.15, 0.2) is 52.0 Å². The summed E-state index contributed by atoms with van der Waals surface area (Å²) in [4.78, 5) is 20.6. The molecule has 1 saturated heterocycles. The highest BCUT2D eigenvalue weighted by Crippen LogP contribution is 2.22. The summed E-state index contributed by atoms with van der Waals surface area (Å²) in [6.45, 7) is 0.905. The van der Waals surface area contributed by atoms with Crippen LogP contribution in [-0.4, -0.2) is 27.5 Å². The predicted molar refractivity (Wildman–Crippen MR) is 91.3 cm³/mol. The smallest absolute Gasteiger partial charge is 0.262 e. The van der Waals surface area contributed by atoms with Crippen LogP contribution in [0.1, 0.15) is 25.0 Å². The quantitative estimate of drug-likeness (QED) is 0.573. The summed E-state index contributed by atoms with van der Waals surface area (Å²) in [6.07, 6.45) is 4.26. The Morgan fingerprint density at radius 1 is 1.20 bits per heavy atom. The highest BCUT2D eigenvalue weighted by atomic mass is 32.2. The maximum atomic E-state index is 12.2. The number of nitrogens with zero attached hydrogens (tertiary/aromatic N) is 1. The van der Waals surface area contributed by atoms with Crippen LogP contribution in [0.25, 0.3) is 0 Å². The number of benzene rings is 1. The van der Waals surface area contributed by atoms with Gasteiger partial charge in [0.1, 0.15) is 5.76 Å². The molecule has 0 saturated carbocycles. The lowest BCUT2D eigenvalue weighted by atomic mass is 10.3. The van der Waals surface area contributed by atoms with Gasteiger partial charge in [0, 0.05) is 25.1 Å². The van der Waals surface area contributed by atoms with E-state index in [1.165, 1.54) is 12.1 Å². The van der Waals surface area contributed by atoms with E-state index in [0.29, 0.717) is 31.5 Å². The summed E-state index contributed by atoms with van der Waals surface area (Å²) in [5.41, 5.74) is 0.709. The number of sulfonamides is 1. The fraction of sp³-hybridized carbons (Fsp3) is 0.353. The lowest BCUT2D eigenvalue weighted by molar-refractivity contribution is -0.117. The minimum atomic E-state index is -3.75. The number of rotatable bonds is 8. The first-order valence-corrected chi connectivity index (χ1v) is 9.61. The molecule has 0 radical (unpaired) electrons. The van der Waals surface area contributed by atoms with Gasteiger partial charge in [-0.3, -0.25) is 9.63 Å². The van der Waals surface area contributed by atoms with Crippen LogP contribution in [0.5, 0.6) is 0 Å². The predicted octanol–water partition coefficient (Wildman–Crippen LogP) is 2.25. The molecule has 1 fully saturated rings. The molecule has 0 atom stereocenters. The summed E-state index contributed by atoms with van der Waals surface area (Å²) in [5, 5.41) is 0. The first-order chi connectivity index (χ1) is 12.1. The van der Waals surface area contributed by atoms with Crippen molar-refractivity contribution in [1.82, 2.24) is 4.89 Å². The lowest BCUT2D eigenvalue weighted by Crippen LogP contribution is -2.25. The van der Waals surface area contributed by atoms with E-state index in [2.05, 4.69) is 4.89 Å². The number of carbonyl (C=O) groups is 1. The fourth-order valence-electron chi connectivity index (χ4n) is 2.67. The molecule has 0 unspecified atom stereocenters. The third-order valence-electron chi connectivity index (χ3n) is 3.95. The molecule has 2 heterocycles. The number of hydrogen-bond donors (Lipinski definition) is 1. The van der Waals surface area contributed by atoms with Crippen LogP contribution in [0.3, 0.4) is 0 Å². The second-order valence-electron chi connectivity index (χ2n) is 5.76. The van der Waals surface area contributed by atoms with Crippen molar-refractivity contribution < 1.29 is 22.5 Å². The van der Waals surface area contributed by atoms with E-state index in [9.17, 15) is 13.2 Å². The van der Waals surface area contributed by atoms with Gasteiger partial charge in [0.05, 0.1) is 17.8 Å². The third kappa shape index (κ3) is 4.47. The molecule has 8 heteroatoms. The number of anilines is 1. The number of aryl methyl sites for hydroxylation is 1. The van der Waals surface area contributed by atoms with Gasteiger partial charge in [-0.2, -0.15) is 0 Å². The minimum absolute atomic E-state index is 0.0635. The van der Waals surface area contributed by atoms with E-state index in [1.54, 1.807) is 29.4 Å². The van der Waals surface area contributed by atoms with Crippen molar-refractivity contribution in [1.29, 1.82) is 0 Å². The molecule has 1 aromatic heterocycles. The molecule has 7 nitrogen and oxygen atoms in total. The molecule has 1 aliphatic heterocycles. The lowest BCUT2D eigenvalue weighted by Gasteiger charge is -2.16. The van der Waals surface area contributed by atoms with Crippen molar-refractivity contribution >= 4 is 21.6 Å². The zero-order valence-electron chi connectivity index (χ0n) is 13.7. The van der Waals surface area contributed by atoms with Gasteiger partial charge < -0.3 is 9.32 Å². The molecule has 134 valence electrons. The molecule has 1 aromatic carbocycles. The van der Waals surface area contributed by atoms with Gasteiger partial charge in [0.25, 0.3) is 10.0 Å². The Bertz CT molecular complexity index is 800. The highest BCUT2D eigenvalue weighted by molar-refractivity contribution is 7.89. The summed E-state index contributed by atoms with van der Waals surface area (Å²) >= 11 is 0. The number of amides is 1. The van der Waals surface area contributed by atoms with Crippen molar-refractivity contribution in [3.8, 4) is 0 Å². The second-order valence-corrected chi connectivity index (χ2v) is 7.41. The van der Waals surface area contributed by atoms with Crippen molar-refractivity contribution in [2.75, 3.05) is 18.1 Å². The van der Waals surface area contributed by atoms with Crippen molar-refractivity contribution in [3.05, 3.63) is 48.4 Å². The molecule has 0 bridgehead atoms. The van der Waals surface area contributed by atoms with Gasteiger partial charge in [-0.25, -0.2) is 8.42 Å². The van der Waals surface area contributed by atoms with Crippen LogP contribution < -0.4 is 9.79 Å². The van der Waals surface area contributed by atoms with Gasteiger partial charge in [0.2, 0.25) is 5.91 Å². The Morgan fingerprint density at radius 2 is 2.00 bits per heavy atom. The van der Waals surface area contributed by atoms with Crippen LogP contribution in [0, 0.1) is 0 Å². The van der Waals surface area contributed by atoms with E-state index in [1.807, 2.05) is 6.07 Å². The van der Waals surface area contributed by atoms with Gasteiger partial charge in [0.15, 0.2) is 0 Å². The minimum Gasteiger partial charge on any atom is -0.469 e. The van der Waals surface area contributed by atoms with E-state index >= 15 is 0 Å². The standard InChI is InChI=1S/C17H20N2O5S/c20-17-6-1-11-19(17)14-7-9-16(10-8-14)25(21,22)18-24-13-3-5-15-4-2-12-23-15/h2,4,7-10,12,18H,1,3,5-6,11,13H2. The molecular weight excluding hydrogens is 344 g/mol. The molecule has 0 spiro atoms. The zero-order chi connectivity index (χ0) is 17.7. The SMILES string of the molecule is O=C1CCCN1c1ccc(S(=O)(=O)NOCCCc2ccco2)cc1. The summed E-state index contributed by atoms with van der Waals surface area (Å²) in [7, 11) is -3.75. The molecule has 2 aromatic rings. The van der Waals surface area contributed by atoms with Gasteiger partial charge in [-0.15, -0.1) is 0 Å².